The molecule has 0 aliphatic carbocycles. The molecule has 0 aromatic heterocycles. The number of halogens is 2. The summed E-state index contributed by atoms with van der Waals surface area (Å²) in [6.07, 6.45) is 2.50. The van der Waals surface area contributed by atoms with E-state index >= 15 is 0 Å². The number of anilines is 1. The van der Waals surface area contributed by atoms with Crippen molar-refractivity contribution in [3.8, 4) is 0 Å². The minimum atomic E-state index is -0.598. The number of hydrogen-bond donors (Lipinski definition) is 1. The lowest BCUT2D eigenvalue weighted by Crippen LogP contribution is -2.21. The fraction of sp³-hybridized carbons (Fsp3) is 0.579. The van der Waals surface area contributed by atoms with Gasteiger partial charge in [-0.15, -0.1) is 11.8 Å². The molecule has 146 valence electrons. The molecular weight excluding hydrogens is 377 g/mol. The number of benzene rings is 1. The van der Waals surface area contributed by atoms with E-state index in [1.54, 1.807) is 0 Å². The Kier molecular flexibility index (Phi) is 10.0. The van der Waals surface area contributed by atoms with E-state index in [4.69, 9.17) is 16.3 Å². The van der Waals surface area contributed by atoms with Crippen LogP contribution in [0.5, 0.6) is 0 Å². The topological polar surface area (TPSA) is 55.4 Å². The van der Waals surface area contributed by atoms with E-state index in [1.165, 1.54) is 17.8 Å². The number of amides is 1. The van der Waals surface area contributed by atoms with Crippen LogP contribution < -0.4 is 5.32 Å². The Morgan fingerprint density at radius 3 is 2.58 bits per heavy atom. The summed E-state index contributed by atoms with van der Waals surface area (Å²) in [4.78, 5) is 24.6. The van der Waals surface area contributed by atoms with E-state index < -0.39 is 11.1 Å². The second-order valence-electron chi connectivity index (χ2n) is 6.45. The number of unbranched alkanes of at least 4 members (excludes halogenated alkanes) is 1. The molecule has 1 amide bonds. The average molecular weight is 404 g/mol. The van der Waals surface area contributed by atoms with Gasteiger partial charge in [0, 0.05) is 11.3 Å². The maximum absolute atomic E-state index is 14.1. The number of carbonyl (C=O) groups is 2. The molecular formula is C19H27ClFNO3S. The highest BCUT2D eigenvalue weighted by atomic mass is 35.5. The molecule has 1 N–H and O–H groups in total. The van der Waals surface area contributed by atoms with Gasteiger partial charge in [-0.1, -0.05) is 45.7 Å². The quantitative estimate of drug-likeness (QED) is 0.403. The zero-order chi connectivity index (χ0) is 19.7. The fourth-order valence-corrected chi connectivity index (χ4v) is 3.34. The van der Waals surface area contributed by atoms with Crippen molar-refractivity contribution in [3.05, 3.63) is 23.0 Å². The Labute approximate surface area is 164 Å². The van der Waals surface area contributed by atoms with Crippen molar-refractivity contribution < 1.29 is 18.7 Å². The zero-order valence-corrected chi connectivity index (χ0v) is 17.3. The first-order valence-electron chi connectivity index (χ1n) is 8.90. The normalized spacial score (nSPS) is 12.1. The van der Waals surface area contributed by atoms with Crippen LogP contribution >= 0.6 is 23.4 Å². The second kappa shape index (κ2) is 11.4. The smallest absolute Gasteiger partial charge is 0.319 e. The maximum atomic E-state index is 14.1. The second-order valence-corrected chi connectivity index (χ2v) is 8.10. The van der Waals surface area contributed by atoms with Crippen molar-refractivity contribution in [1.29, 1.82) is 0 Å². The summed E-state index contributed by atoms with van der Waals surface area (Å²) in [5.74, 6) is -0.909. The number of hydrogen-bond acceptors (Lipinski definition) is 4. The van der Waals surface area contributed by atoms with Gasteiger partial charge in [0.05, 0.1) is 17.3 Å². The molecule has 1 unspecified atom stereocenters. The first-order chi connectivity index (χ1) is 12.3. The molecule has 0 saturated heterocycles. The molecule has 0 radical (unpaired) electrons. The van der Waals surface area contributed by atoms with Crippen LogP contribution in [0.3, 0.4) is 0 Å². The molecule has 0 saturated carbocycles. The lowest BCUT2D eigenvalue weighted by molar-refractivity contribution is -0.144. The summed E-state index contributed by atoms with van der Waals surface area (Å²) >= 11 is 7.35. The first kappa shape index (κ1) is 22.8. The highest BCUT2D eigenvalue weighted by molar-refractivity contribution is 8.00. The van der Waals surface area contributed by atoms with Gasteiger partial charge in [0.2, 0.25) is 5.91 Å². The van der Waals surface area contributed by atoms with E-state index in [1.807, 2.05) is 27.7 Å². The molecule has 0 heterocycles. The number of carbonyl (C=O) groups excluding carboxylic acids is 2. The number of nitrogens with one attached hydrogen (secondary N) is 1. The molecule has 0 bridgehead atoms. The van der Waals surface area contributed by atoms with Gasteiger partial charge in [0.25, 0.3) is 0 Å². The van der Waals surface area contributed by atoms with Crippen molar-refractivity contribution in [3.63, 3.8) is 0 Å². The molecule has 0 spiro atoms. The van der Waals surface area contributed by atoms with Crippen molar-refractivity contribution in [2.24, 2.45) is 5.92 Å². The molecule has 4 nitrogen and oxygen atoms in total. The zero-order valence-electron chi connectivity index (χ0n) is 15.7. The molecule has 26 heavy (non-hydrogen) atoms. The average Bonchev–Trinajstić information content (AvgIpc) is 2.59. The first-order valence-corrected chi connectivity index (χ1v) is 10.2. The molecule has 7 heteroatoms. The third-order valence-electron chi connectivity index (χ3n) is 3.51. The van der Waals surface area contributed by atoms with Gasteiger partial charge in [-0.25, -0.2) is 4.39 Å². The Hall–Kier alpha value is -1.27. The predicted molar refractivity (Wildman–Crippen MR) is 105 cm³/mol. The molecule has 1 atom stereocenters. The number of ether oxygens (including phenoxy) is 1. The van der Waals surface area contributed by atoms with Gasteiger partial charge in [0.1, 0.15) is 11.1 Å². The summed E-state index contributed by atoms with van der Waals surface area (Å²) < 4.78 is 19.4. The van der Waals surface area contributed by atoms with Crippen LogP contribution in [0.4, 0.5) is 10.1 Å². The van der Waals surface area contributed by atoms with Gasteiger partial charge < -0.3 is 10.1 Å². The van der Waals surface area contributed by atoms with Crippen LogP contribution in [0.25, 0.3) is 0 Å². The minimum absolute atomic E-state index is 0.0726. The summed E-state index contributed by atoms with van der Waals surface area (Å²) in [7, 11) is 0. The standard InChI is InChI=1S/C19H27ClFNO3S/c1-5-7-8-18(23)22-15-10-17(13(20)9-14(15)21)26-16(6-2)19(24)25-11-12(3)4/h9-10,12,16H,5-8,11H2,1-4H3,(H,22,23). The van der Waals surface area contributed by atoms with E-state index in [9.17, 15) is 14.0 Å². The van der Waals surface area contributed by atoms with Gasteiger partial charge in [-0.05, 0) is 30.9 Å². The van der Waals surface area contributed by atoms with Crippen LogP contribution in [0, 0.1) is 11.7 Å². The van der Waals surface area contributed by atoms with E-state index in [0.717, 1.165) is 18.9 Å². The number of rotatable bonds is 10. The monoisotopic (exact) mass is 403 g/mol. The van der Waals surface area contributed by atoms with Gasteiger partial charge in [-0.2, -0.15) is 0 Å². The predicted octanol–water partition coefficient (Wildman–Crippen LogP) is 5.68. The lowest BCUT2D eigenvalue weighted by atomic mass is 10.2. The molecule has 0 fully saturated rings. The molecule has 0 aliphatic rings. The summed E-state index contributed by atoms with van der Waals surface area (Å²) in [5, 5.41) is 2.33. The van der Waals surface area contributed by atoms with Crippen LogP contribution in [0.15, 0.2) is 17.0 Å². The Morgan fingerprint density at radius 2 is 2.00 bits per heavy atom. The minimum Gasteiger partial charge on any atom is -0.465 e. The fourth-order valence-electron chi connectivity index (χ4n) is 2.06. The van der Waals surface area contributed by atoms with Crippen molar-refractivity contribution >= 4 is 40.9 Å². The SMILES string of the molecule is CCCCC(=O)Nc1cc(SC(CC)C(=O)OCC(C)C)c(Cl)cc1F. The highest BCUT2D eigenvalue weighted by Gasteiger charge is 2.22. The number of esters is 1. The van der Waals surface area contributed by atoms with Crippen LogP contribution in [0.2, 0.25) is 5.02 Å². The Balaban J connectivity index is 2.88. The van der Waals surface area contributed by atoms with E-state index in [2.05, 4.69) is 5.32 Å². The van der Waals surface area contributed by atoms with Gasteiger partial charge in [0.15, 0.2) is 0 Å². The van der Waals surface area contributed by atoms with E-state index in [0.29, 0.717) is 24.3 Å². The Morgan fingerprint density at radius 1 is 1.31 bits per heavy atom. The Bertz CT molecular complexity index is 625. The van der Waals surface area contributed by atoms with Gasteiger partial charge in [-0.3, -0.25) is 9.59 Å². The van der Waals surface area contributed by atoms with Gasteiger partial charge >= 0.3 is 5.97 Å². The van der Waals surface area contributed by atoms with Crippen LogP contribution in [-0.4, -0.2) is 23.7 Å². The molecule has 1 rings (SSSR count). The maximum Gasteiger partial charge on any atom is 0.319 e. The number of thioether (sulfide) groups is 1. The lowest BCUT2D eigenvalue weighted by Gasteiger charge is -2.17. The largest absolute Gasteiger partial charge is 0.465 e. The van der Waals surface area contributed by atoms with Crippen molar-refractivity contribution in [2.75, 3.05) is 11.9 Å². The molecule has 1 aromatic carbocycles. The van der Waals surface area contributed by atoms with Crippen molar-refractivity contribution in [1.82, 2.24) is 0 Å². The summed E-state index contributed by atoms with van der Waals surface area (Å²) in [6, 6.07) is 2.63. The third-order valence-corrected chi connectivity index (χ3v) is 5.34. The summed E-state index contributed by atoms with van der Waals surface area (Å²) in [5.41, 5.74) is 0.0726. The molecule has 0 aliphatic heterocycles. The van der Waals surface area contributed by atoms with Crippen LogP contribution in [-0.2, 0) is 14.3 Å². The van der Waals surface area contributed by atoms with Crippen molar-refractivity contribution in [2.45, 2.75) is 63.5 Å². The van der Waals surface area contributed by atoms with E-state index in [-0.39, 0.29) is 28.5 Å². The third kappa shape index (κ3) is 7.54. The van der Waals surface area contributed by atoms with Crippen LogP contribution in [0.1, 0.15) is 53.4 Å². The molecule has 1 aromatic rings. The summed E-state index contributed by atoms with van der Waals surface area (Å²) in [6.45, 7) is 8.14. The highest BCUT2D eigenvalue weighted by Crippen LogP contribution is 2.36.